The summed E-state index contributed by atoms with van der Waals surface area (Å²) in [7, 11) is 0. The lowest BCUT2D eigenvalue weighted by Gasteiger charge is -2.17. The molecule has 1 aromatic heterocycles. The number of hydrogen-bond donors (Lipinski definition) is 2. The normalized spacial score (nSPS) is 23.2. The summed E-state index contributed by atoms with van der Waals surface area (Å²) in [6.45, 7) is 0.847. The van der Waals surface area contributed by atoms with Gasteiger partial charge in [-0.15, -0.1) is 0 Å². The predicted octanol–water partition coefficient (Wildman–Crippen LogP) is 0.416. The Morgan fingerprint density at radius 1 is 1.64 bits per heavy atom. The van der Waals surface area contributed by atoms with Gasteiger partial charge in [0.1, 0.15) is 11.9 Å². The van der Waals surface area contributed by atoms with E-state index in [4.69, 9.17) is 5.11 Å². The van der Waals surface area contributed by atoms with Crippen molar-refractivity contribution in [3.63, 3.8) is 0 Å². The molecule has 0 saturated heterocycles. The molecule has 1 aliphatic rings. The number of imidazole rings is 1. The molecule has 11 heavy (non-hydrogen) atoms. The Balaban J connectivity index is 2.43. The van der Waals surface area contributed by atoms with Crippen molar-refractivity contribution in [3.05, 3.63) is 12.0 Å². The Morgan fingerprint density at radius 2 is 2.45 bits per heavy atom. The third-order valence-electron chi connectivity index (χ3n) is 1.97. The van der Waals surface area contributed by atoms with E-state index in [1.807, 2.05) is 0 Å². The summed E-state index contributed by atoms with van der Waals surface area (Å²) in [5, 5.41) is 18.4. The van der Waals surface area contributed by atoms with Crippen molar-refractivity contribution in [2.75, 3.05) is 0 Å². The molecule has 4 heteroatoms. The van der Waals surface area contributed by atoms with Gasteiger partial charge in [-0.3, -0.25) is 0 Å². The van der Waals surface area contributed by atoms with Crippen molar-refractivity contribution in [1.82, 2.24) is 9.55 Å². The summed E-state index contributed by atoms with van der Waals surface area (Å²) in [5.74, 6) is 0.592. The first-order valence-electron chi connectivity index (χ1n) is 3.71. The highest BCUT2D eigenvalue weighted by atomic mass is 16.3. The first-order chi connectivity index (χ1) is 5.27. The first-order valence-corrected chi connectivity index (χ1v) is 3.71. The van der Waals surface area contributed by atoms with Crippen molar-refractivity contribution >= 4 is 0 Å². The topological polar surface area (TPSA) is 58.3 Å². The van der Waals surface area contributed by atoms with Crippen LogP contribution in [0.3, 0.4) is 0 Å². The van der Waals surface area contributed by atoms with Crippen LogP contribution in [-0.4, -0.2) is 19.8 Å². The van der Waals surface area contributed by atoms with Crippen molar-refractivity contribution < 1.29 is 10.2 Å². The Kier molecular flexibility index (Phi) is 1.35. The fourth-order valence-electron chi connectivity index (χ4n) is 1.45. The van der Waals surface area contributed by atoms with Gasteiger partial charge in [0.05, 0.1) is 6.20 Å². The van der Waals surface area contributed by atoms with Gasteiger partial charge in [0.15, 0.2) is 0 Å². The summed E-state index contributed by atoms with van der Waals surface area (Å²) in [6.07, 6.45) is 2.75. The van der Waals surface area contributed by atoms with Crippen molar-refractivity contribution in [2.24, 2.45) is 0 Å². The second kappa shape index (κ2) is 2.23. The Hall–Kier alpha value is -1.03. The minimum absolute atomic E-state index is 0.000880. The number of aliphatic hydroxyl groups excluding tert-OH is 1. The van der Waals surface area contributed by atoms with Gasteiger partial charge in [-0.05, 0) is 12.8 Å². The molecule has 2 heterocycles. The number of aryl methyl sites for hydroxylation is 1. The van der Waals surface area contributed by atoms with E-state index in [9.17, 15) is 5.11 Å². The fourth-order valence-corrected chi connectivity index (χ4v) is 1.45. The summed E-state index contributed by atoms with van der Waals surface area (Å²) in [5.41, 5.74) is 0. The lowest BCUT2D eigenvalue weighted by Crippen LogP contribution is -2.14. The van der Waals surface area contributed by atoms with Crippen LogP contribution in [0, 0.1) is 0 Å². The number of hydrogen-bond acceptors (Lipinski definition) is 3. The Labute approximate surface area is 64.1 Å². The quantitative estimate of drug-likeness (QED) is 0.569. The van der Waals surface area contributed by atoms with Crippen LogP contribution in [-0.2, 0) is 6.54 Å². The summed E-state index contributed by atoms with van der Waals surface area (Å²) < 4.78 is 1.80. The Morgan fingerprint density at radius 3 is 3.18 bits per heavy atom. The molecule has 1 atom stereocenters. The van der Waals surface area contributed by atoms with E-state index in [2.05, 4.69) is 4.98 Å². The zero-order valence-corrected chi connectivity index (χ0v) is 6.06. The average molecular weight is 154 g/mol. The van der Waals surface area contributed by atoms with Gasteiger partial charge in [-0.2, -0.15) is 4.98 Å². The molecular formula is C7H10N2O2. The van der Waals surface area contributed by atoms with E-state index in [0.717, 1.165) is 19.4 Å². The zero-order valence-electron chi connectivity index (χ0n) is 6.06. The van der Waals surface area contributed by atoms with Gasteiger partial charge in [-0.1, -0.05) is 0 Å². The lowest BCUT2D eigenvalue weighted by molar-refractivity contribution is 0.133. The molecule has 2 rings (SSSR count). The van der Waals surface area contributed by atoms with E-state index in [0.29, 0.717) is 5.82 Å². The van der Waals surface area contributed by atoms with E-state index >= 15 is 0 Å². The molecule has 1 unspecified atom stereocenters. The minimum atomic E-state index is -0.496. The molecule has 0 saturated carbocycles. The van der Waals surface area contributed by atoms with Crippen LogP contribution in [0.2, 0.25) is 0 Å². The van der Waals surface area contributed by atoms with Crippen LogP contribution in [0.4, 0.5) is 0 Å². The SMILES string of the molecule is Oc1cn2c(n1)C(O)CCC2. The van der Waals surface area contributed by atoms with Crippen LogP contribution in [0.25, 0.3) is 0 Å². The van der Waals surface area contributed by atoms with E-state index in [1.54, 1.807) is 10.8 Å². The van der Waals surface area contributed by atoms with Crippen LogP contribution in [0.5, 0.6) is 5.88 Å². The molecule has 0 fully saturated rings. The molecule has 0 aromatic carbocycles. The van der Waals surface area contributed by atoms with Crippen LogP contribution in [0.1, 0.15) is 24.8 Å². The van der Waals surface area contributed by atoms with Crippen molar-refractivity contribution in [3.8, 4) is 5.88 Å². The summed E-state index contributed by atoms with van der Waals surface area (Å²) >= 11 is 0. The van der Waals surface area contributed by atoms with Gasteiger partial charge in [0, 0.05) is 6.54 Å². The number of aromatic hydroxyl groups is 1. The largest absolute Gasteiger partial charge is 0.492 e. The molecule has 1 aliphatic heterocycles. The average Bonchev–Trinajstić information content (AvgIpc) is 2.31. The number of nitrogens with zero attached hydrogens (tertiary/aromatic N) is 2. The van der Waals surface area contributed by atoms with Gasteiger partial charge in [0.25, 0.3) is 0 Å². The van der Waals surface area contributed by atoms with Gasteiger partial charge in [0.2, 0.25) is 5.88 Å². The molecule has 0 bridgehead atoms. The fraction of sp³-hybridized carbons (Fsp3) is 0.571. The van der Waals surface area contributed by atoms with E-state index in [1.165, 1.54) is 0 Å². The maximum absolute atomic E-state index is 9.38. The van der Waals surface area contributed by atoms with E-state index < -0.39 is 6.10 Å². The van der Waals surface area contributed by atoms with E-state index in [-0.39, 0.29) is 5.88 Å². The first kappa shape index (κ1) is 6.67. The molecule has 1 aromatic rings. The van der Waals surface area contributed by atoms with Gasteiger partial charge < -0.3 is 14.8 Å². The minimum Gasteiger partial charge on any atom is -0.492 e. The zero-order chi connectivity index (χ0) is 7.84. The Bertz CT molecular complexity index is 269. The molecule has 60 valence electrons. The highest BCUT2D eigenvalue weighted by Crippen LogP contribution is 2.25. The summed E-state index contributed by atoms with van der Waals surface area (Å²) in [4.78, 5) is 3.80. The van der Waals surface area contributed by atoms with Crippen LogP contribution in [0.15, 0.2) is 6.20 Å². The third kappa shape index (κ3) is 0.991. The molecule has 0 aliphatic carbocycles. The number of aromatic nitrogens is 2. The van der Waals surface area contributed by atoms with Gasteiger partial charge >= 0.3 is 0 Å². The number of aliphatic hydroxyl groups is 1. The second-order valence-corrected chi connectivity index (χ2v) is 2.81. The molecule has 4 nitrogen and oxygen atoms in total. The molecule has 0 amide bonds. The molecule has 0 spiro atoms. The highest BCUT2D eigenvalue weighted by molar-refractivity contribution is 5.11. The van der Waals surface area contributed by atoms with Crippen LogP contribution >= 0.6 is 0 Å². The maximum Gasteiger partial charge on any atom is 0.229 e. The predicted molar refractivity (Wildman–Crippen MR) is 38.1 cm³/mol. The molecule has 2 N–H and O–H groups in total. The van der Waals surface area contributed by atoms with Gasteiger partial charge in [-0.25, -0.2) is 0 Å². The molecular weight excluding hydrogens is 144 g/mol. The number of rotatable bonds is 0. The number of fused-ring (bicyclic) bond motifs is 1. The molecule has 0 radical (unpaired) electrons. The van der Waals surface area contributed by atoms with Crippen LogP contribution < -0.4 is 0 Å². The second-order valence-electron chi connectivity index (χ2n) is 2.81. The third-order valence-corrected chi connectivity index (χ3v) is 1.97. The lowest BCUT2D eigenvalue weighted by atomic mass is 10.1. The maximum atomic E-state index is 9.38. The standard InChI is InChI=1S/C7H10N2O2/c10-5-2-1-3-9-4-6(11)8-7(5)9/h4-5,10-11H,1-3H2. The smallest absolute Gasteiger partial charge is 0.229 e. The monoisotopic (exact) mass is 154 g/mol. The highest BCUT2D eigenvalue weighted by Gasteiger charge is 2.20. The van der Waals surface area contributed by atoms with Crippen molar-refractivity contribution in [2.45, 2.75) is 25.5 Å². The summed E-state index contributed by atoms with van der Waals surface area (Å²) in [6, 6.07) is 0. The van der Waals surface area contributed by atoms with Crippen molar-refractivity contribution in [1.29, 1.82) is 0 Å².